The van der Waals surface area contributed by atoms with Crippen LogP contribution in [0.4, 0.5) is 0 Å². The van der Waals surface area contributed by atoms with Crippen LogP contribution in [0.2, 0.25) is 0 Å². The zero-order chi connectivity index (χ0) is 11.8. The van der Waals surface area contributed by atoms with Crippen molar-refractivity contribution in [1.29, 1.82) is 0 Å². The monoisotopic (exact) mass is 237 g/mol. The molecule has 0 aromatic carbocycles. The zero-order valence-corrected chi connectivity index (χ0v) is 11.4. The number of hydrogen-bond donors (Lipinski definition) is 1. The van der Waals surface area contributed by atoms with Crippen LogP contribution in [0.3, 0.4) is 0 Å². The van der Waals surface area contributed by atoms with Gasteiger partial charge in [-0.05, 0) is 58.7 Å². The lowest BCUT2D eigenvalue weighted by Gasteiger charge is -2.17. The minimum Gasteiger partial charge on any atom is -0.312 e. The predicted octanol–water partition coefficient (Wildman–Crippen LogP) is 1.15. The first-order valence-electron chi connectivity index (χ1n) is 7.40. The molecular weight excluding hydrogens is 210 g/mol. The molecule has 1 N–H and O–H groups in total. The van der Waals surface area contributed by atoms with Crippen molar-refractivity contribution >= 4 is 0 Å². The van der Waals surface area contributed by atoms with Crippen LogP contribution in [0.15, 0.2) is 0 Å². The number of nitrogens with zero attached hydrogens (tertiary/aromatic N) is 2. The van der Waals surface area contributed by atoms with Crippen LogP contribution in [-0.2, 0) is 0 Å². The fraction of sp³-hybridized carbons (Fsp3) is 1.00. The van der Waals surface area contributed by atoms with E-state index in [0.29, 0.717) is 0 Å². The molecule has 0 aromatic heterocycles. The topological polar surface area (TPSA) is 18.5 Å². The average molecular weight is 237 g/mol. The highest BCUT2D eigenvalue weighted by Crippen LogP contribution is 2.31. The molecule has 3 aliphatic rings. The van der Waals surface area contributed by atoms with Gasteiger partial charge in [-0.25, -0.2) is 0 Å². The van der Waals surface area contributed by atoms with Crippen molar-refractivity contribution in [1.82, 2.24) is 15.1 Å². The summed E-state index contributed by atoms with van der Waals surface area (Å²) in [5.74, 6) is 0.914. The van der Waals surface area contributed by atoms with Crippen molar-refractivity contribution in [3.8, 4) is 0 Å². The van der Waals surface area contributed by atoms with Crippen molar-refractivity contribution in [2.24, 2.45) is 5.92 Å². The summed E-state index contributed by atoms with van der Waals surface area (Å²) in [7, 11) is 2.25. The van der Waals surface area contributed by atoms with Gasteiger partial charge in [-0.2, -0.15) is 0 Å². The molecule has 3 atom stereocenters. The Bertz CT molecular complexity index is 254. The van der Waals surface area contributed by atoms with Gasteiger partial charge in [-0.15, -0.1) is 0 Å². The molecule has 0 amide bonds. The van der Waals surface area contributed by atoms with Crippen LogP contribution in [0.25, 0.3) is 0 Å². The van der Waals surface area contributed by atoms with E-state index in [2.05, 4.69) is 29.1 Å². The van der Waals surface area contributed by atoms with Gasteiger partial charge >= 0.3 is 0 Å². The molecule has 0 aromatic rings. The van der Waals surface area contributed by atoms with Crippen molar-refractivity contribution in [2.45, 2.75) is 50.7 Å². The lowest BCUT2D eigenvalue weighted by Crippen LogP contribution is -2.36. The highest BCUT2D eigenvalue weighted by Gasteiger charge is 2.34. The molecule has 1 saturated carbocycles. The summed E-state index contributed by atoms with van der Waals surface area (Å²) in [6.07, 6.45) is 5.67. The van der Waals surface area contributed by atoms with E-state index in [0.717, 1.165) is 24.0 Å². The second kappa shape index (κ2) is 4.87. The third kappa shape index (κ3) is 2.83. The number of likely N-dealkylation sites (tertiary alicyclic amines) is 2. The molecule has 0 radical (unpaired) electrons. The highest BCUT2D eigenvalue weighted by molar-refractivity contribution is 4.91. The molecule has 1 aliphatic carbocycles. The van der Waals surface area contributed by atoms with Crippen LogP contribution in [-0.4, -0.2) is 61.2 Å². The molecule has 0 spiro atoms. The summed E-state index contributed by atoms with van der Waals surface area (Å²) in [6, 6.07) is 2.47. The van der Waals surface area contributed by atoms with Crippen molar-refractivity contribution in [3.63, 3.8) is 0 Å². The van der Waals surface area contributed by atoms with E-state index in [-0.39, 0.29) is 0 Å². The van der Waals surface area contributed by atoms with Crippen molar-refractivity contribution in [3.05, 3.63) is 0 Å². The Morgan fingerprint density at radius 2 is 2.00 bits per heavy atom. The summed E-state index contributed by atoms with van der Waals surface area (Å²) in [5.41, 5.74) is 0. The number of rotatable bonds is 4. The number of nitrogens with one attached hydrogen (secondary N) is 1. The second-order valence-electron chi connectivity index (χ2n) is 6.51. The van der Waals surface area contributed by atoms with Crippen LogP contribution in [0.5, 0.6) is 0 Å². The van der Waals surface area contributed by atoms with Gasteiger partial charge in [0.15, 0.2) is 0 Å². The molecule has 3 rings (SSSR count). The normalized spacial score (nSPS) is 40.2. The van der Waals surface area contributed by atoms with Gasteiger partial charge in [0.05, 0.1) is 0 Å². The molecule has 2 aliphatic heterocycles. The van der Waals surface area contributed by atoms with Gasteiger partial charge in [-0.3, -0.25) is 0 Å². The quantitative estimate of drug-likeness (QED) is 0.791. The Morgan fingerprint density at radius 1 is 1.18 bits per heavy atom. The molecule has 0 bridgehead atoms. The summed E-state index contributed by atoms with van der Waals surface area (Å²) < 4.78 is 0. The minimum absolute atomic E-state index is 0.741. The van der Waals surface area contributed by atoms with Gasteiger partial charge in [0, 0.05) is 31.2 Å². The summed E-state index contributed by atoms with van der Waals surface area (Å²) >= 11 is 0. The maximum Gasteiger partial charge on any atom is 0.0209 e. The Hall–Kier alpha value is -0.120. The van der Waals surface area contributed by atoms with E-state index in [9.17, 15) is 0 Å². The van der Waals surface area contributed by atoms with E-state index in [1.807, 2.05) is 0 Å². The molecule has 98 valence electrons. The summed E-state index contributed by atoms with van der Waals surface area (Å²) in [5, 5.41) is 3.80. The van der Waals surface area contributed by atoms with E-state index < -0.39 is 0 Å². The van der Waals surface area contributed by atoms with Gasteiger partial charge in [0.2, 0.25) is 0 Å². The summed E-state index contributed by atoms with van der Waals surface area (Å²) in [4.78, 5) is 5.19. The Kier molecular flexibility index (Phi) is 3.42. The van der Waals surface area contributed by atoms with Gasteiger partial charge in [0.25, 0.3) is 0 Å². The first kappa shape index (κ1) is 11.9. The van der Waals surface area contributed by atoms with Gasteiger partial charge in [0.1, 0.15) is 0 Å². The molecular formula is C14H27N3. The Labute approximate surface area is 106 Å². The second-order valence-corrected chi connectivity index (χ2v) is 6.51. The molecule has 2 saturated heterocycles. The van der Waals surface area contributed by atoms with Crippen LogP contribution < -0.4 is 5.32 Å². The first-order valence-corrected chi connectivity index (χ1v) is 7.40. The fourth-order valence-corrected chi connectivity index (χ4v) is 3.48. The first-order chi connectivity index (χ1) is 8.22. The Morgan fingerprint density at radius 3 is 2.65 bits per heavy atom. The fourth-order valence-electron chi connectivity index (χ4n) is 3.48. The standard InChI is InChI=1S/C14H27N3/c1-11-7-13(10-16(11)2)15-8-12-5-6-17(9-12)14-3-4-14/h11-15H,3-10H2,1-2H3. The van der Waals surface area contributed by atoms with E-state index in [4.69, 9.17) is 0 Å². The maximum absolute atomic E-state index is 3.80. The predicted molar refractivity (Wildman–Crippen MR) is 71.2 cm³/mol. The Balaban J connectivity index is 1.37. The molecule has 17 heavy (non-hydrogen) atoms. The molecule has 3 unspecified atom stereocenters. The van der Waals surface area contributed by atoms with Crippen LogP contribution in [0.1, 0.15) is 32.6 Å². The van der Waals surface area contributed by atoms with E-state index >= 15 is 0 Å². The minimum atomic E-state index is 0.741. The highest BCUT2D eigenvalue weighted by atomic mass is 15.2. The van der Waals surface area contributed by atoms with E-state index in [1.54, 1.807) is 0 Å². The van der Waals surface area contributed by atoms with Crippen molar-refractivity contribution in [2.75, 3.05) is 33.2 Å². The molecule has 2 heterocycles. The third-order valence-corrected chi connectivity index (χ3v) is 4.96. The molecule has 3 nitrogen and oxygen atoms in total. The van der Waals surface area contributed by atoms with Gasteiger partial charge < -0.3 is 15.1 Å². The largest absolute Gasteiger partial charge is 0.312 e. The van der Waals surface area contributed by atoms with Crippen LogP contribution in [0, 0.1) is 5.92 Å². The van der Waals surface area contributed by atoms with Crippen molar-refractivity contribution < 1.29 is 0 Å². The average Bonchev–Trinajstić information content (AvgIpc) is 2.96. The summed E-state index contributed by atoms with van der Waals surface area (Å²) in [6.45, 7) is 7.54. The zero-order valence-electron chi connectivity index (χ0n) is 11.4. The third-order valence-electron chi connectivity index (χ3n) is 4.96. The molecule has 3 fully saturated rings. The van der Waals surface area contributed by atoms with E-state index in [1.165, 1.54) is 51.9 Å². The number of likely N-dealkylation sites (N-methyl/N-ethyl adjacent to an activating group) is 1. The van der Waals surface area contributed by atoms with Gasteiger partial charge in [-0.1, -0.05) is 0 Å². The SMILES string of the molecule is CC1CC(NCC2CCN(C3CC3)C2)CN1C. The molecule has 3 heteroatoms. The lowest BCUT2D eigenvalue weighted by atomic mass is 10.1. The smallest absolute Gasteiger partial charge is 0.0209 e. The van der Waals surface area contributed by atoms with Crippen LogP contribution >= 0.6 is 0 Å². The maximum atomic E-state index is 3.80. The lowest BCUT2D eigenvalue weighted by molar-refractivity contribution is 0.307. The number of hydrogen-bond acceptors (Lipinski definition) is 3.